The Kier molecular flexibility index (Phi) is 57.5. The van der Waals surface area contributed by atoms with Crippen LogP contribution < -0.4 is 0 Å². The number of rotatable bonds is 3. The van der Waals surface area contributed by atoms with Crippen molar-refractivity contribution in [3.63, 3.8) is 0 Å². The van der Waals surface area contributed by atoms with E-state index in [1.807, 2.05) is 98.7 Å². The third-order valence-corrected chi connectivity index (χ3v) is 4.44. The fourth-order valence-corrected chi connectivity index (χ4v) is 2.96. The average Bonchev–Trinajstić information content (AvgIpc) is 3.65. The quantitative estimate of drug-likeness (QED) is 0.300. The number of nitrogens with zero attached hydrogens (tertiary/aromatic N) is 5. The largest absolute Gasteiger partial charge is 0.354 e. The van der Waals surface area contributed by atoms with Crippen LogP contribution in [0.1, 0.15) is 177 Å². The Morgan fingerprint density at radius 2 is 1.02 bits per heavy atom. The third-order valence-electron chi connectivity index (χ3n) is 4.44. The molecule has 0 amide bonds. The summed E-state index contributed by atoms with van der Waals surface area (Å²) in [4.78, 5) is 4.10. The van der Waals surface area contributed by atoms with Crippen LogP contribution in [0.15, 0.2) is 43.0 Å². The van der Waals surface area contributed by atoms with Crippen LogP contribution in [0.25, 0.3) is 0 Å². The van der Waals surface area contributed by atoms with Gasteiger partial charge in [0.2, 0.25) is 0 Å². The van der Waals surface area contributed by atoms with E-state index >= 15 is 0 Å². The minimum absolute atomic E-state index is 0. The molecule has 3 rings (SSSR count). The van der Waals surface area contributed by atoms with Gasteiger partial charge >= 0.3 is 0 Å². The molecule has 0 saturated carbocycles. The summed E-state index contributed by atoms with van der Waals surface area (Å²) in [7, 11) is 4.05. The molecule has 0 aliphatic carbocycles. The Bertz CT molecular complexity index is 720. The molecule has 3 heterocycles. The second kappa shape index (κ2) is 40.8. The zero-order valence-corrected chi connectivity index (χ0v) is 30.1. The normalized spacial score (nSPS) is 8.29. The van der Waals surface area contributed by atoms with E-state index < -0.39 is 0 Å². The van der Waals surface area contributed by atoms with Crippen LogP contribution in [0.2, 0.25) is 0 Å². The molecule has 5 heteroatoms. The number of hydrogen-bond donors (Lipinski definition) is 0. The fraction of sp³-hybridized carbons (Fsp3) is 0.730. The second-order valence-electron chi connectivity index (χ2n) is 9.44. The molecular formula is C37H85N5. The first-order valence-corrected chi connectivity index (χ1v) is 15.5. The standard InChI is InChI=1S/C8H13N.2C7H12N2.C4H10.4C2H6.3CH4.H2/c1-7(2)8-5-4-6-9(8)3;1-6(2)7-4-5-8-9(7)3;1-6(2)9-5-4-8-7(9)3;1-4(2)3;4*1-2;;;;/h4-7H,1-3H3;2*4-6H,1-3H3;4H,1-3H3;4*1-2H3;3*1H4;1H/i;;;;;;;;;;;1+1. The van der Waals surface area contributed by atoms with Crippen molar-refractivity contribution in [2.24, 2.45) is 20.0 Å². The first-order chi connectivity index (χ1) is 18.4. The van der Waals surface area contributed by atoms with Gasteiger partial charge in [0.25, 0.3) is 0 Å². The molecular weight excluding hydrogens is 514 g/mol. The predicted octanol–water partition coefficient (Wildman–Crippen LogP) is 13.4. The van der Waals surface area contributed by atoms with E-state index in [2.05, 4.69) is 107 Å². The van der Waals surface area contributed by atoms with Gasteiger partial charge in [0.05, 0.1) is 0 Å². The monoisotopic (exact) mass is 601 g/mol. The van der Waals surface area contributed by atoms with E-state index in [9.17, 15) is 0 Å². The lowest BCUT2D eigenvalue weighted by molar-refractivity contribution is 0.582. The lowest BCUT2D eigenvalue weighted by Gasteiger charge is -2.07. The topological polar surface area (TPSA) is 40.6 Å². The van der Waals surface area contributed by atoms with Crippen molar-refractivity contribution in [2.45, 2.75) is 165 Å². The Balaban J connectivity index is -0.0000000470. The van der Waals surface area contributed by atoms with Gasteiger partial charge in [-0.25, -0.2) is 4.98 Å². The number of aromatic nitrogens is 5. The van der Waals surface area contributed by atoms with Crippen LogP contribution in [0.5, 0.6) is 0 Å². The summed E-state index contributed by atoms with van der Waals surface area (Å²) >= 11 is 0. The molecule has 0 aromatic carbocycles. The molecule has 0 aliphatic rings. The highest BCUT2D eigenvalue weighted by Gasteiger charge is 2.01. The summed E-state index contributed by atoms with van der Waals surface area (Å²) < 4.78 is 6.20. The maximum absolute atomic E-state index is 4.10. The lowest BCUT2D eigenvalue weighted by atomic mass is 10.1. The lowest BCUT2D eigenvalue weighted by Crippen LogP contribution is -2.00. The van der Waals surface area contributed by atoms with Crippen molar-refractivity contribution in [1.29, 1.82) is 0 Å². The van der Waals surface area contributed by atoms with Gasteiger partial charge in [-0.1, -0.05) is 126 Å². The number of hydrogen-bond acceptors (Lipinski definition) is 2. The fourth-order valence-electron chi connectivity index (χ4n) is 2.96. The molecule has 0 unspecified atom stereocenters. The van der Waals surface area contributed by atoms with E-state index in [-0.39, 0.29) is 23.7 Å². The molecule has 3 aromatic heterocycles. The van der Waals surface area contributed by atoms with E-state index in [4.69, 9.17) is 0 Å². The SMILES string of the molecule is C.C.C.CC.CC.CC.CC.CC(C)C.CC(C)c1cccn1C.CC(C)c1ccnn1C.Cc1nccn1C(C)C.[2HH]. The van der Waals surface area contributed by atoms with Crippen LogP contribution in [-0.2, 0) is 14.1 Å². The van der Waals surface area contributed by atoms with E-state index in [0.717, 1.165) is 11.7 Å². The van der Waals surface area contributed by atoms with Gasteiger partial charge in [-0.2, -0.15) is 5.10 Å². The minimum Gasteiger partial charge on any atom is -0.354 e. The molecule has 42 heavy (non-hydrogen) atoms. The van der Waals surface area contributed by atoms with Crippen molar-refractivity contribution in [3.05, 3.63) is 60.2 Å². The molecule has 0 radical (unpaired) electrons. The molecule has 3 aromatic rings. The summed E-state index contributed by atoms with van der Waals surface area (Å²) in [5.74, 6) is 3.15. The highest BCUT2D eigenvalue weighted by molar-refractivity contribution is 5.10. The van der Waals surface area contributed by atoms with Gasteiger partial charge in [-0.3, -0.25) is 4.68 Å². The van der Waals surface area contributed by atoms with Crippen LogP contribution >= 0.6 is 0 Å². The summed E-state index contributed by atoms with van der Waals surface area (Å²) in [6, 6.07) is 6.82. The molecule has 5 nitrogen and oxygen atoms in total. The zero-order chi connectivity index (χ0) is 32.1. The Morgan fingerprint density at radius 1 is 0.619 bits per heavy atom. The van der Waals surface area contributed by atoms with Gasteiger partial charge in [-0.15, -0.1) is 0 Å². The predicted molar refractivity (Wildman–Crippen MR) is 202 cm³/mol. The molecule has 258 valence electrons. The van der Waals surface area contributed by atoms with Crippen LogP contribution in [0.3, 0.4) is 0 Å². The summed E-state index contributed by atoms with van der Waals surface area (Å²) in [6.07, 6.45) is 7.74. The molecule has 0 N–H and O–H groups in total. The van der Waals surface area contributed by atoms with E-state index in [0.29, 0.717) is 17.9 Å². The van der Waals surface area contributed by atoms with Gasteiger partial charge in [0.15, 0.2) is 0 Å². The second-order valence-corrected chi connectivity index (χ2v) is 9.44. The van der Waals surface area contributed by atoms with Gasteiger partial charge in [0.1, 0.15) is 5.82 Å². The van der Waals surface area contributed by atoms with Crippen molar-refractivity contribution >= 4 is 0 Å². The molecule has 0 fully saturated rings. The Labute approximate surface area is 270 Å². The smallest absolute Gasteiger partial charge is 0.105 e. The molecule has 0 aliphatic heterocycles. The number of aryl methyl sites for hydroxylation is 3. The van der Waals surface area contributed by atoms with E-state index in [1.165, 1.54) is 11.4 Å². The summed E-state index contributed by atoms with van der Waals surface area (Å²) in [5, 5.41) is 4.05. The highest BCUT2D eigenvalue weighted by atomic mass is 15.3. The minimum atomic E-state index is 0. The van der Waals surface area contributed by atoms with Crippen molar-refractivity contribution in [3.8, 4) is 0 Å². The highest BCUT2D eigenvalue weighted by Crippen LogP contribution is 2.12. The van der Waals surface area contributed by atoms with Gasteiger partial charge in [0, 0.05) is 57.7 Å². The molecule has 0 atom stereocenters. The Morgan fingerprint density at radius 3 is 1.17 bits per heavy atom. The van der Waals surface area contributed by atoms with Crippen LogP contribution in [-0.4, -0.2) is 23.9 Å². The first kappa shape index (κ1) is 59.2. The average molecular weight is 601 g/mol. The maximum Gasteiger partial charge on any atom is 0.105 e. The first-order valence-electron chi connectivity index (χ1n) is 15.5. The number of imidazole rings is 1. The van der Waals surface area contributed by atoms with Gasteiger partial charge in [-0.05, 0) is 56.7 Å². The molecule has 0 spiro atoms. The maximum atomic E-state index is 4.10. The van der Waals surface area contributed by atoms with Crippen molar-refractivity contribution in [2.75, 3.05) is 0 Å². The van der Waals surface area contributed by atoms with Crippen molar-refractivity contribution < 1.29 is 1.43 Å². The molecule has 0 saturated heterocycles. The van der Waals surface area contributed by atoms with Crippen LogP contribution in [0.4, 0.5) is 0 Å². The Hall–Kier alpha value is -2.30. The van der Waals surface area contributed by atoms with Gasteiger partial charge < -0.3 is 9.13 Å². The third kappa shape index (κ3) is 32.2. The van der Waals surface area contributed by atoms with E-state index in [1.54, 1.807) is 0 Å². The molecule has 0 bridgehead atoms. The van der Waals surface area contributed by atoms with Crippen molar-refractivity contribution in [1.82, 2.24) is 23.9 Å². The summed E-state index contributed by atoms with van der Waals surface area (Å²) in [5.41, 5.74) is 2.69. The zero-order valence-electron chi connectivity index (χ0n) is 30.1. The van der Waals surface area contributed by atoms with Crippen LogP contribution in [0, 0.1) is 12.8 Å². The summed E-state index contributed by atoms with van der Waals surface area (Å²) in [6.45, 7) is 37.5.